The molecule has 12 rings (SSSR count). The number of aryl methyl sites for hydroxylation is 4. The van der Waals surface area contributed by atoms with Crippen LogP contribution in [0.4, 0.5) is 0 Å². The van der Waals surface area contributed by atoms with Crippen LogP contribution in [0.2, 0.25) is 66.5 Å². The molecule has 0 radical (unpaired) electrons. The Morgan fingerprint density at radius 3 is 0.521 bits per heavy atom. The number of fused-ring (bicyclic) bond motifs is 10. The molecule has 0 fully saturated rings. The standard InChI is InChI=1S/C92H112Si4/c1-57(2)93(58(3)4,59(5)6)45-41-77-85-49-73-29-25-26-30-74(73)50-86(85)78(42-46-94(60(7)8,61(9)10)62(11)12)90-54-82-70-34-33-69(81(82)53-89(77)90)37-38-71-35-36-72(40-39-70)84-56-92-80(44-48-96(66(19)20,67(21)22)68(23)24)88-52-76-32-28-27-31-75(76)51-87(88)79(91(92)55-83(71)84)43-47-95(63(13)14,64(15)16)65(17)18/h25-36,49-68H,37-40H2,1-24H3. The Hall–Kier alpha value is -6.61. The van der Waals surface area contributed by atoms with Gasteiger partial charge < -0.3 is 0 Å². The van der Waals surface area contributed by atoms with Crippen molar-refractivity contribution in [3.8, 4) is 45.9 Å². The Morgan fingerprint density at radius 1 is 0.208 bits per heavy atom. The number of rotatable bonds is 12. The molecule has 0 unspecified atom stereocenters. The smallest absolute Gasteiger partial charge is 0.125 e. The maximum atomic E-state index is 4.30. The van der Waals surface area contributed by atoms with Crippen LogP contribution in [0.3, 0.4) is 0 Å². The highest BCUT2D eigenvalue weighted by atomic mass is 28.3. The van der Waals surface area contributed by atoms with Gasteiger partial charge in [-0.05, 0) is 249 Å². The van der Waals surface area contributed by atoms with Crippen molar-refractivity contribution in [1.82, 2.24) is 0 Å². The van der Waals surface area contributed by atoms with E-state index in [1.165, 1.54) is 131 Å². The fourth-order valence-electron chi connectivity index (χ4n) is 20.1. The molecule has 0 heterocycles. The molecule has 496 valence electrons. The predicted octanol–water partition coefficient (Wildman–Crippen LogP) is 27.1. The van der Waals surface area contributed by atoms with Gasteiger partial charge >= 0.3 is 0 Å². The Balaban J connectivity index is 1.25. The van der Waals surface area contributed by atoms with Gasteiger partial charge in [-0.3, -0.25) is 0 Å². The third-order valence-corrected chi connectivity index (χ3v) is 50.2. The minimum atomic E-state index is -2.17. The quantitative estimate of drug-likeness (QED) is 0.0650. The lowest BCUT2D eigenvalue weighted by atomic mass is 9.83. The van der Waals surface area contributed by atoms with E-state index in [4.69, 9.17) is 0 Å². The topological polar surface area (TPSA) is 0 Å². The van der Waals surface area contributed by atoms with Crippen molar-refractivity contribution in [3.63, 3.8) is 0 Å². The van der Waals surface area contributed by atoms with Crippen LogP contribution in [0, 0.1) is 45.9 Å². The van der Waals surface area contributed by atoms with E-state index < -0.39 is 32.3 Å². The zero-order valence-corrected chi connectivity index (χ0v) is 67.3. The molecule has 0 N–H and O–H groups in total. The van der Waals surface area contributed by atoms with Gasteiger partial charge in [-0.1, -0.05) is 263 Å². The normalized spacial score (nSPS) is 13.6. The third kappa shape index (κ3) is 11.8. The molecule has 0 atom stereocenters. The summed E-state index contributed by atoms with van der Waals surface area (Å²) in [5, 5.41) is 20.4. The minimum Gasteiger partial charge on any atom is -0.125 e. The van der Waals surface area contributed by atoms with E-state index in [-0.39, 0.29) is 0 Å². The van der Waals surface area contributed by atoms with Gasteiger partial charge in [0.05, 0.1) is 0 Å². The van der Waals surface area contributed by atoms with E-state index in [2.05, 4.69) is 333 Å². The monoisotopic (exact) mass is 1330 g/mol. The highest BCUT2D eigenvalue weighted by Crippen LogP contribution is 2.48. The van der Waals surface area contributed by atoms with Gasteiger partial charge in [0.15, 0.2) is 0 Å². The summed E-state index contributed by atoms with van der Waals surface area (Å²) in [6.07, 6.45) is 3.61. The molecule has 2 aliphatic rings. The average molecular weight is 1330 g/mol. The fraction of sp³-hybridized carbons (Fsp3) is 0.435. The molecule has 0 amide bonds. The molecule has 96 heavy (non-hydrogen) atoms. The summed E-state index contributed by atoms with van der Waals surface area (Å²) >= 11 is 0. The summed E-state index contributed by atoms with van der Waals surface area (Å²) in [4.78, 5) is 0. The van der Waals surface area contributed by atoms with E-state index in [0.29, 0.717) is 66.5 Å². The van der Waals surface area contributed by atoms with Gasteiger partial charge in [0.1, 0.15) is 32.3 Å². The first-order chi connectivity index (χ1) is 45.5. The predicted molar refractivity (Wildman–Crippen MR) is 439 cm³/mol. The van der Waals surface area contributed by atoms with Crippen molar-refractivity contribution in [1.29, 1.82) is 0 Å². The van der Waals surface area contributed by atoms with Gasteiger partial charge in [0.2, 0.25) is 0 Å². The van der Waals surface area contributed by atoms with Crippen molar-refractivity contribution >= 4 is 118 Å². The van der Waals surface area contributed by atoms with E-state index in [1.54, 1.807) is 0 Å². The summed E-state index contributed by atoms with van der Waals surface area (Å²) in [7, 11) is -8.70. The van der Waals surface area contributed by atoms with Gasteiger partial charge in [0.25, 0.3) is 0 Å². The van der Waals surface area contributed by atoms with E-state index in [0.717, 1.165) is 25.7 Å². The number of benzene rings is 10. The summed E-state index contributed by atoms with van der Waals surface area (Å²) in [6, 6.07) is 48.3. The molecule has 4 heteroatoms. The summed E-state index contributed by atoms with van der Waals surface area (Å²) < 4.78 is 0. The van der Waals surface area contributed by atoms with Crippen LogP contribution in [-0.4, -0.2) is 32.3 Å². The zero-order valence-electron chi connectivity index (χ0n) is 63.3. The second-order valence-corrected chi connectivity index (χ2v) is 55.6. The lowest BCUT2D eigenvalue weighted by Gasteiger charge is -2.38. The van der Waals surface area contributed by atoms with Crippen LogP contribution in [0.5, 0.6) is 0 Å². The fourth-order valence-corrected chi connectivity index (χ4v) is 40.9. The first kappa shape index (κ1) is 70.7. The van der Waals surface area contributed by atoms with Crippen molar-refractivity contribution in [2.45, 2.75) is 258 Å². The van der Waals surface area contributed by atoms with Gasteiger partial charge in [-0.15, -0.1) is 22.2 Å². The Morgan fingerprint density at radius 2 is 0.365 bits per heavy atom. The first-order valence-corrected chi connectivity index (χ1v) is 46.3. The molecule has 0 aromatic heterocycles. The van der Waals surface area contributed by atoms with Crippen molar-refractivity contribution in [2.75, 3.05) is 0 Å². The van der Waals surface area contributed by atoms with Crippen LogP contribution in [0.15, 0.2) is 121 Å². The number of hydrogen-bond donors (Lipinski definition) is 0. The van der Waals surface area contributed by atoms with Gasteiger partial charge in [-0.25, -0.2) is 0 Å². The van der Waals surface area contributed by atoms with E-state index in [1.807, 2.05) is 0 Å². The molecule has 2 aliphatic carbocycles. The van der Waals surface area contributed by atoms with Crippen LogP contribution in [0.1, 0.15) is 211 Å². The van der Waals surface area contributed by atoms with Gasteiger partial charge in [-0.2, -0.15) is 0 Å². The summed E-state index contributed by atoms with van der Waals surface area (Å²) in [5.41, 5.74) is 33.6. The average Bonchev–Trinajstić information content (AvgIpc) is 0.727. The molecule has 10 aromatic rings. The highest BCUT2D eigenvalue weighted by Gasteiger charge is 2.45. The van der Waals surface area contributed by atoms with Crippen molar-refractivity contribution in [2.24, 2.45) is 0 Å². The lowest BCUT2D eigenvalue weighted by molar-refractivity contribution is 0.838. The maximum Gasteiger partial charge on any atom is 0.146 e. The largest absolute Gasteiger partial charge is 0.146 e. The second-order valence-electron chi connectivity index (χ2n) is 33.2. The van der Waals surface area contributed by atoms with E-state index >= 15 is 0 Å². The highest BCUT2D eigenvalue weighted by molar-refractivity contribution is 6.92. The maximum absolute atomic E-state index is 4.30. The summed E-state index contributed by atoms with van der Waals surface area (Å²) in [6.45, 7) is 58.9. The van der Waals surface area contributed by atoms with Crippen LogP contribution >= 0.6 is 0 Å². The SMILES string of the molecule is CC(C)[Si](C#Cc1c2cc3ccccc3cc2c(C#C[Si](C(C)C)(C(C)C)C(C)C)c2cc3c4ccc(c3cc12)CCc1ccc(c2cc3c(C#C[Si](C(C)C)(C(C)C)C(C)C)c5cc6ccccc6cc5c(C#C[Si](C(C)C)(C(C)C)C(C)C)c3cc12)CC4)(C(C)C)C(C)C. The zero-order chi connectivity index (χ0) is 69.4. The number of hydrogen-bond acceptors (Lipinski definition) is 0. The summed E-state index contributed by atoms with van der Waals surface area (Å²) in [5.74, 6) is 16.8. The molecule has 0 aliphatic heterocycles. The second kappa shape index (κ2) is 27.2. The van der Waals surface area contributed by atoms with Crippen LogP contribution in [-0.2, 0) is 25.7 Å². The molecule has 4 bridgehead atoms. The Bertz CT molecular complexity index is 4260. The molecular formula is C92H112Si4. The Labute approximate surface area is 584 Å². The van der Waals surface area contributed by atoms with E-state index in [9.17, 15) is 0 Å². The molecule has 0 saturated heterocycles. The first-order valence-electron chi connectivity index (χ1n) is 37.3. The minimum absolute atomic E-state index is 0.507. The lowest BCUT2D eigenvalue weighted by Crippen LogP contribution is -2.43. The molecule has 0 nitrogen and oxygen atoms in total. The van der Waals surface area contributed by atoms with Crippen molar-refractivity contribution < 1.29 is 0 Å². The molecular weight excluding hydrogens is 1220 g/mol. The molecule has 0 spiro atoms. The third-order valence-electron chi connectivity index (χ3n) is 25.0. The van der Waals surface area contributed by atoms with Gasteiger partial charge in [0, 0.05) is 22.3 Å². The van der Waals surface area contributed by atoms with Crippen molar-refractivity contribution in [3.05, 3.63) is 166 Å². The molecule has 0 saturated carbocycles. The van der Waals surface area contributed by atoms with Crippen LogP contribution < -0.4 is 0 Å². The Kier molecular flexibility index (Phi) is 20.1. The van der Waals surface area contributed by atoms with Crippen LogP contribution in [0.25, 0.3) is 86.2 Å². The molecule has 10 aromatic carbocycles.